The topological polar surface area (TPSA) is 12.0 Å². The molecular weight excluding hydrogens is 146 g/mol. The van der Waals surface area contributed by atoms with Gasteiger partial charge in [-0.1, -0.05) is 25.7 Å². The summed E-state index contributed by atoms with van der Waals surface area (Å²) in [7, 11) is 0. The van der Waals surface area contributed by atoms with Crippen molar-refractivity contribution in [1.29, 1.82) is 0 Å². The van der Waals surface area contributed by atoms with Crippen molar-refractivity contribution in [2.75, 3.05) is 6.54 Å². The van der Waals surface area contributed by atoms with E-state index < -0.39 is 0 Å². The van der Waals surface area contributed by atoms with Crippen LogP contribution in [0.5, 0.6) is 0 Å². The molecule has 0 aromatic heterocycles. The molecule has 0 spiro atoms. The van der Waals surface area contributed by atoms with Crippen LogP contribution in [0.3, 0.4) is 0 Å². The first-order valence-electron chi connectivity index (χ1n) is 4.93. The molecule has 3 unspecified atom stereocenters. The van der Waals surface area contributed by atoms with E-state index in [-0.39, 0.29) is 6.04 Å². The Hall–Kier alpha value is -0.480. The Kier molecular flexibility index (Phi) is 3.62. The normalized spacial score (nSPS) is 31.4. The first kappa shape index (κ1) is 9.61. The van der Waals surface area contributed by atoms with Crippen molar-refractivity contribution in [2.24, 2.45) is 11.8 Å². The quantitative estimate of drug-likeness (QED) is 0.631. The van der Waals surface area contributed by atoms with Gasteiger partial charge in [0.2, 0.25) is 0 Å². The summed E-state index contributed by atoms with van der Waals surface area (Å²) in [6, 6.07) is 0.234. The maximum atomic E-state index is 5.28. The van der Waals surface area contributed by atoms with Gasteiger partial charge in [-0.15, -0.1) is 6.42 Å². The van der Waals surface area contributed by atoms with E-state index in [9.17, 15) is 0 Å². The molecule has 3 atom stereocenters. The molecule has 1 saturated carbocycles. The second-order valence-electron chi connectivity index (χ2n) is 3.96. The summed E-state index contributed by atoms with van der Waals surface area (Å²) >= 11 is 0. The SMILES string of the molecule is C#CC(C)NCC1CCCC1C. The standard InChI is InChI=1S/C11H19N/c1-4-10(3)12-8-11-7-5-6-9(11)2/h1,9-12H,5-8H2,2-3H3. The van der Waals surface area contributed by atoms with Crippen molar-refractivity contribution < 1.29 is 0 Å². The molecule has 1 N–H and O–H groups in total. The molecule has 0 amide bonds. The molecule has 0 heterocycles. The largest absolute Gasteiger partial charge is 0.304 e. The van der Waals surface area contributed by atoms with Gasteiger partial charge in [-0.25, -0.2) is 0 Å². The predicted octanol–water partition coefficient (Wildman–Crippen LogP) is 2.03. The molecule has 1 rings (SSSR count). The average Bonchev–Trinajstić information content (AvgIpc) is 2.47. The number of hydrogen-bond acceptors (Lipinski definition) is 1. The van der Waals surface area contributed by atoms with Crippen molar-refractivity contribution in [2.45, 2.75) is 39.2 Å². The summed E-state index contributed by atoms with van der Waals surface area (Å²) in [4.78, 5) is 0. The Morgan fingerprint density at radius 2 is 2.33 bits per heavy atom. The van der Waals surface area contributed by atoms with Gasteiger partial charge < -0.3 is 5.32 Å². The average molecular weight is 165 g/mol. The van der Waals surface area contributed by atoms with E-state index >= 15 is 0 Å². The second kappa shape index (κ2) is 4.52. The van der Waals surface area contributed by atoms with E-state index in [0.29, 0.717) is 0 Å². The summed E-state index contributed by atoms with van der Waals surface area (Å²) in [6.45, 7) is 5.49. The third kappa shape index (κ3) is 2.53. The van der Waals surface area contributed by atoms with Crippen LogP contribution in [0.2, 0.25) is 0 Å². The van der Waals surface area contributed by atoms with Crippen LogP contribution < -0.4 is 5.32 Å². The first-order chi connectivity index (χ1) is 5.74. The van der Waals surface area contributed by atoms with Gasteiger partial charge in [0.1, 0.15) is 0 Å². The molecule has 0 saturated heterocycles. The summed E-state index contributed by atoms with van der Waals surface area (Å²) in [5.74, 6) is 4.45. The van der Waals surface area contributed by atoms with Crippen LogP contribution in [0.15, 0.2) is 0 Å². The molecule has 0 bridgehead atoms. The maximum Gasteiger partial charge on any atom is 0.0658 e. The van der Waals surface area contributed by atoms with Crippen LogP contribution in [0.25, 0.3) is 0 Å². The number of nitrogens with one attached hydrogen (secondary N) is 1. The van der Waals surface area contributed by atoms with Crippen molar-refractivity contribution >= 4 is 0 Å². The zero-order valence-corrected chi connectivity index (χ0v) is 8.14. The van der Waals surface area contributed by atoms with Crippen molar-refractivity contribution in [3.63, 3.8) is 0 Å². The fraction of sp³-hybridized carbons (Fsp3) is 0.818. The molecule has 0 radical (unpaired) electrons. The molecule has 12 heavy (non-hydrogen) atoms. The molecule has 1 aliphatic rings. The van der Waals surface area contributed by atoms with Crippen LogP contribution in [0.4, 0.5) is 0 Å². The van der Waals surface area contributed by atoms with E-state index in [1.807, 2.05) is 6.92 Å². The smallest absolute Gasteiger partial charge is 0.0658 e. The minimum atomic E-state index is 0.234. The van der Waals surface area contributed by atoms with Crippen LogP contribution in [-0.4, -0.2) is 12.6 Å². The van der Waals surface area contributed by atoms with Crippen molar-refractivity contribution in [3.05, 3.63) is 0 Å². The molecule has 0 aromatic rings. The monoisotopic (exact) mass is 165 g/mol. The lowest BCUT2D eigenvalue weighted by Gasteiger charge is -2.17. The van der Waals surface area contributed by atoms with Gasteiger partial charge in [-0.3, -0.25) is 0 Å². The zero-order chi connectivity index (χ0) is 8.97. The Balaban J connectivity index is 2.19. The first-order valence-corrected chi connectivity index (χ1v) is 4.93. The van der Waals surface area contributed by atoms with Gasteiger partial charge in [0.05, 0.1) is 6.04 Å². The van der Waals surface area contributed by atoms with E-state index in [0.717, 1.165) is 18.4 Å². The van der Waals surface area contributed by atoms with Crippen molar-refractivity contribution in [3.8, 4) is 12.3 Å². The summed E-state index contributed by atoms with van der Waals surface area (Å²) in [5.41, 5.74) is 0. The highest BCUT2D eigenvalue weighted by Gasteiger charge is 2.22. The lowest BCUT2D eigenvalue weighted by Crippen LogP contribution is -2.30. The van der Waals surface area contributed by atoms with Gasteiger partial charge in [-0.05, 0) is 31.7 Å². The van der Waals surface area contributed by atoms with Gasteiger partial charge in [0.15, 0.2) is 0 Å². The van der Waals surface area contributed by atoms with Gasteiger partial charge in [-0.2, -0.15) is 0 Å². The van der Waals surface area contributed by atoms with E-state index in [1.54, 1.807) is 0 Å². The lowest BCUT2D eigenvalue weighted by atomic mass is 9.98. The van der Waals surface area contributed by atoms with Gasteiger partial charge in [0, 0.05) is 0 Å². The van der Waals surface area contributed by atoms with Crippen LogP contribution in [0.1, 0.15) is 33.1 Å². The Morgan fingerprint density at radius 1 is 1.58 bits per heavy atom. The minimum absolute atomic E-state index is 0.234. The third-order valence-corrected chi connectivity index (χ3v) is 2.98. The highest BCUT2D eigenvalue weighted by molar-refractivity contribution is 4.96. The summed E-state index contributed by atoms with van der Waals surface area (Å²) < 4.78 is 0. The van der Waals surface area contributed by atoms with E-state index in [4.69, 9.17) is 6.42 Å². The molecule has 0 aromatic carbocycles. The Bertz CT molecular complexity index is 168. The van der Waals surface area contributed by atoms with Crippen molar-refractivity contribution in [1.82, 2.24) is 5.32 Å². The van der Waals surface area contributed by atoms with Crippen LogP contribution in [0, 0.1) is 24.2 Å². The van der Waals surface area contributed by atoms with Crippen LogP contribution >= 0.6 is 0 Å². The lowest BCUT2D eigenvalue weighted by molar-refractivity contribution is 0.387. The minimum Gasteiger partial charge on any atom is -0.304 e. The molecule has 1 nitrogen and oxygen atoms in total. The van der Waals surface area contributed by atoms with Gasteiger partial charge in [0.25, 0.3) is 0 Å². The number of terminal acetylenes is 1. The second-order valence-corrected chi connectivity index (χ2v) is 3.96. The highest BCUT2D eigenvalue weighted by atomic mass is 14.9. The van der Waals surface area contributed by atoms with Crippen LogP contribution in [-0.2, 0) is 0 Å². The molecule has 0 aliphatic heterocycles. The molecule has 1 aliphatic carbocycles. The predicted molar refractivity (Wildman–Crippen MR) is 52.8 cm³/mol. The number of rotatable bonds is 3. The molecule has 1 heteroatoms. The fourth-order valence-corrected chi connectivity index (χ4v) is 1.91. The molecule has 68 valence electrons. The molecular formula is C11H19N. The third-order valence-electron chi connectivity index (χ3n) is 2.98. The number of hydrogen-bond donors (Lipinski definition) is 1. The fourth-order valence-electron chi connectivity index (χ4n) is 1.91. The highest BCUT2D eigenvalue weighted by Crippen LogP contribution is 2.30. The summed E-state index contributed by atoms with van der Waals surface area (Å²) in [6.07, 6.45) is 9.46. The summed E-state index contributed by atoms with van der Waals surface area (Å²) in [5, 5.41) is 3.37. The van der Waals surface area contributed by atoms with E-state index in [2.05, 4.69) is 18.2 Å². The van der Waals surface area contributed by atoms with E-state index in [1.165, 1.54) is 19.3 Å². The molecule has 1 fully saturated rings. The van der Waals surface area contributed by atoms with Gasteiger partial charge >= 0.3 is 0 Å². The Morgan fingerprint density at radius 3 is 2.83 bits per heavy atom. The zero-order valence-electron chi connectivity index (χ0n) is 8.14. The Labute approximate surface area is 75.9 Å². The maximum absolute atomic E-state index is 5.28.